The molecule has 0 aromatic heterocycles. The van der Waals surface area contributed by atoms with Gasteiger partial charge in [0.1, 0.15) is 11.4 Å². The molecule has 1 N–H and O–H groups in total. The van der Waals surface area contributed by atoms with Crippen LogP contribution in [-0.2, 0) is 4.43 Å². The van der Waals surface area contributed by atoms with Crippen LogP contribution in [0.3, 0.4) is 0 Å². The standard InChI is InChI=1S/C21H30O2SSi/c1-7-20(24-18-14-10-8-11-15-18)19(22)16-12-9-13-17-23-25(5,6)21(2,3)4/h1,8,10-11,14-15,19-20,22H,9,13,17H2,2-6H3/t19-,20-/m1/s1. The van der Waals surface area contributed by atoms with Crippen LogP contribution in [0.2, 0.25) is 18.1 Å². The average Bonchev–Trinajstić information content (AvgIpc) is 2.55. The van der Waals surface area contributed by atoms with Gasteiger partial charge in [0, 0.05) is 17.9 Å². The van der Waals surface area contributed by atoms with Crippen LogP contribution in [0.5, 0.6) is 0 Å². The lowest BCUT2D eigenvalue weighted by molar-refractivity contribution is 0.243. The molecule has 2 atom stereocenters. The molecule has 4 heteroatoms. The number of terminal acetylenes is 1. The van der Waals surface area contributed by atoms with Crippen molar-refractivity contribution in [2.75, 3.05) is 6.61 Å². The lowest BCUT2D eigenvalue weighted by Crippen LogP contribution is -2.40. The van der Waals surface area contributed by atoms with Gasteiger partial charge in [-0.3, -0.25) is 0 Å². The van der Waals surface area contributed by atoms with Crippen LogP contribution in [0.15, 0.2) is 35.2 Å². The molecule has 0 fully saturated rings. The fourth-order valence-electron chi connectivity index (χ4n) is 1.79. The Morgan fingerprint density at radius 2 is 1.88 bits per heavy atom. The van der Waals surface area contributed by atoms with Crippen molar-refractivity contribution in [2.45, 2.75) is 68.0 Å². The minimum absolute atomic E-state index is 0.226. The summed E-state index contributed by atoms with van der Waals surface area (Å²) in [5, 5.41) is 10.1. The van der Waals surface area contributed by atoms with E-state index in [-0.39, 0.29) is 10.3 Å². The molecule has 0 radical (unpaired) electrons. The summed E-state index contributed by atoms with van der Waals surface area (Å²) in [6.07, 6.45) is 6.31. The van der Waals surface area contributed by atoms with Crippen molar-refractivity contribution in [3.05, 3.63) is 30.3 Å². The highest BCUT2D eigenvalue weighted by atomic mass is 32.2. The van der Waals surface area contributed by atoms with Crippen molar-refractivity contribution < 1.29 is 9.53 Å². The predicted molar refractivity (Wildman–Crippen MR) is 111 cm³/mol. The zero-order valence-corrected chi connectivity index (χ0v) is 17.8. The first kappa shape index (κ1) is 21.9. The van der Waals surface area contributed by atoms with Gasteiger partial charge >= 0.3 is 0 Å². The molecule has 0 amide bonds. The van der Waals surface area contributed by atoms with Gasteiger partial charge in [-0.25, -0.2) is 0 Å². The molecule has 25 heavy (non-hydrogen) atoms. The van der Waals surface area contributed by atoms with Crippen molar-refractivity contribution in [2.24, 2.45) is 0 Å². The number of hydrogen-bond donors (Lipinski definition) is 1. The Hall–Kier alpha value is -1.17. The van der Waals surface area contributed by atoms with Crippen molar-refractivity contribution in [1.82, 2.24) is 0 Å². The largest absolute Gasteiger partial charge is 0.417 e. The Bertz CT molecular complexity index is 617. The summed E-state index contributed by atoms with van der Waals surface area (Å²) in [4.78, 5) is 1.04. The Morgan fingerprint density at radius 1 is 1.24 bits per heavy atom. The summed E-state index contributed by atoms with van der Waals surface area (Å²) in [5.41, 5.74) is 0. The van der Waals surface area contributed by atoms with Gasteiger partial charge < -0.3 is 9.53 Å². The second-order valence-electron chi connectivity index (χ2n) is 7.50. The monoisotopic (exact) mass is 374 g/mol. The number of unbranched alkanes of at least 4 members (excludes halogenated alkanes) is 1. The molecule has 0 unspecified atom stereocenters. The maximum atomic E-state index is 10.2. The molecule has 0 spiro atoms. The van der Waals surface area contributed by atoms with Crippen LogP contribution in [0, 0.1) is 24.2 Å². The molecule has 2 nitrogen and oxygen atoms in total. The van der Waals surface area contributed by atoms with E-state index in [4.69, 9.17) is 10.8 Å². The zero-order valence-electron chi connectivity index (χ0n) is 16.0. The van der Waals surface area contributed by atoms with Crippen molar-refractivity contribution in [3.8, 4) is 24.2 Å². The zero-order chi connectivity index (χ0) is 18.9. The van der Waals surface area contributed by atoms with Gasteiger partial charge in [-0.15, -0.1) is 24.1 Å². The predicted octanol–water partition coefficient (Wildman–Crippen LogP) is 4.95. The van der Waals surface area contributed by atoms with Crippen molar-refractivity contribution in [3.63, 3.8) is 0 Å². The minimum atomic E-state index is -1.68. The summed E-state index contributed by atoms with van der Waals surface area (Å²) in [7, 11) is -1.68. The number of hydrogen-bond acceptors (Lipinski definition) is 3. The topological polar surface area (TPSA) is 29.5 Å². The molecule has 1 rings (SSSR count). The van der Waals surface area contributed by atoms with Gasteiger partial charge in [0.15, 0.2) is 8.32 Å². The van der Waals surface area contributed by atoms with Crippen LogP contribution in [-0.4, -0.2) is 31.4 Å². The highest BCUT2D eigenvalue weighted by Crippen LogP contribution is 2.36. The van der Waals surface area contributed by atoms with E-state index in [2.05, 4.69) is 51.6 Å². The van der Waals surface area contributed by atoms with Gasteiger partial charge in [-0.05, 0) is 36.7 Å². The van der Waals surface area contributed by atoms with E-state index in [9.17, 15) is 5.11 Å². The smallest absolute Gasteiger partial charge is 0.191 e. The van der Waals surface area contributed by atoms with E-state index in [0.717, 1.165) is 17.9 Å². The molecule has 0 bridgehead atoms. The van der Waals surface area contributed by atoms with Crippen LogP contribution in [0.25, 0.3) is 0 Å². The number of aliphatic hydroxyl groups excluding tert-OH is 1. The number of rotatable bonds is 7. The molecular weight excluding hydrogens is 344 g/mol. The summed E-state index contributed by atoms with van der Waals surface area (Å²) in [6.45, 7) is 11.9. The molecule has 1 aromatic carbocycles. The van der Waals surface area contributed by atoms with Crippen LogP contribution >= 0.6 is 11.8 Å². The normalized spacial score (nSPS) is 14.1. The molecule has 0 saturated carbocycles. The third-order valence-electron chi connectivity index (χ3n) is 4.42. The molecule has 0 aliphatic heterocycles. The lowest BCUT2D eigenvalue weighted by atomic mass is 10.2. The second kappa shape index (κ2) is 10.1. The molecule has 0 saturated heterocycles. The summed E-state index contributed by atoms with van der Waals surface area (Å²) in [6, 6.07) is 9.82. The first-order chi connectivity index (χ1) is 11.7. The van der Waals surface area contributed by atoms with Gasteiger partial charge in [-0.2, -0.15) is 0 Å². The molecular formula is C21H30O2SSi. The molecule has 1 aromatic rings. The van der Waals surface area contributed by atoms with Gasteiger partial charge in [0.2, 0.25) is 0 Å². The summed E-state index contributed by atoms with van der Waals surface area (Å²) >= 11 is 1.46. The first-order valence-electron chi connectivity index (χ1n) is 8.65. The van der Waals surface area contributed by atoms with Gasteiger partial charge in [-0.1, -0.05) is 50.8 Å². The van der Waals surface area contributed by atoms with E-state index in [1.807, 2.05) is 30.3 Å². The van der Waals surface area contributed by atoms with E-state index < -0.39 is 14.4 Å². The lowest BCUT2D eigenvalue weighted by Gasteiger charge is -2.36. The number of thioether (sulfide) groups is 1. The van der Waals surface area contributed by atoms with Crippen molar-refractivity contribution in [1.29, 1.82) is 0 Å². The molecule has 136 valence electrons. The molecule has 0 heterocycles. The van der Waals surface area contributed by atoms with Crippen LogP contribution in [0.1, 0.15) is 33.6 Å². The highest BCUT2D eigenvalue weighted by molar-refractivity contribution is 8.00. The van der Waals surface area contributed by atoms with E-state index in [0.29, 0.717) is 6.42 Å². The van der Waals surface area contributed by atoms with Crippen LogP contribution in [0.4, 0.5) is 0 Å². The fraction of sp³-hybridized carbons (Fsp3) is 0.524. The van der Waals surface area contributed by atoms with Gasteiger partial charge in [0.25, 0.3) is 0 Å². The van der Waals surface area contributed by atoms with Crippen molar-refractivity contribution >= 4 is 20.1 Å². The molecule has 0 aliphatic carbocycles. The maximum absolute atomic E-state index is 10.2. The third-order valence-corrected chi connectivity index (χ3v) is 10.2. The SMILES string of the molecule is C#C[C@@H](Sc1ccccc1)[C@H](O)C#CCCCO[Si](C)(C)C(C)(C)C. The quantitative estimate of drug-likeness (QED) is 0.317. The Labute approximate surface area is 158 Å². The van der Waals surface area contributed by atoms with Gasteiger partial charge in [0.05, 0.1) is 0 Å². The van der Waals surface area contributed by atoms with E-state index in [1.165, 1.54) is 11.8 Å². The third kappa shape index (κ3) is 7.71. The summed E-state index contributed by atoms with van der Waals surface area (Å²) < 4.78 is 6.12. The number of benzene rings is 1. The molecule has 0 aliphatic rings. The Kier molecular flexibility index (Phi) is 8.83. The second-order valence-corrected chi connectivity index (χ2v) is 13.5. The number of aliphatic hydroxyl groups is 1. The van der Waals surface area contributed by atoms with E-state index in [1.54, 1.807) is 0 Å². The maximum Gasteiger partial charge on any atom is 0.191 e. The average molecular weight is 375 g/mol. The first-order valence-corrected chi connectivity index (χ1v) is 12.4. The Balaban J connectivity index is 2.40. The minimum Gasteiger partial charge on any atom is -0.417 e. The summed E-state index contributed by atoms with van der Waals surface area (Å²) in [5.74, 6) is 8.55. The highest BCUT2D eigenvalue weighted by Gasteiger charge is 2.36. The Morgan fingerprint density at radius 3 is 2.44 bits per heavy atom. The fourth-order valence-corrected chi connectivity index (χ4v) is 3.75. The van der Waals surface area contributed by atoms with E-state index >= 15 is 0 Å². The van der Waals surface area contributed by atoms with Crippen LogP contribution < -0.4 is 0 Å².